The van der Waals surface area contributed by atoms with Crippen molar-refractivity contribution in [2.75, 3.05) is 31.1 Å². The third kappa shape index (κ3) is 2.81. The normalized spacial score (nSPS) is 15.9. The number of rotatable bonds is 3. The van der Waals surface area contributed by atoms with E-state index in [4.69, 9.17) is 5.26 Å². The van der Waals surface area contributed by atoms with Gasteiger partial charge >= 0.3 is 0 Å². The molecule has 1 aromatic carbocycles. The predicted molar refractivity (Wildman–Crippen MR) is 98.2 cm³/mol. The Balaban J connectivity index is 1.52. The summed E-state index contributed by atoms with van der Waals surface area (Å²) in [6.07, 6.45) is 3.14. The molecule has 7 nitrogen and oxygen atoms in total. The van der Waals surface area contributed by atoms with Gasteiger partial charge in [0.25, 0.3) is 0 Å². The highest BCUT2D eigenvalue weighted by Gasteiger charge is 2.30. The van der Waals surface area contributed by atoms with Crippen LogP contribution in [0.4, 0.5) is 5.69 Å². The van der Waals surface area contributed by atoms with Crippen molar-refractivity contribution in [1.29, 1.82) is 5.26 Å². The van der Waals surface area contributed by atoms with Crippen LogP contribution >= 0.6 is 0 Å². The number of pyridine rings is 1. The molecule has 132 valence electrons. The van der Waals surface area contributed by atoms with Gasteiger partial charge in [-0.15, -0.1) is 0 Å². The Bertz CT molecular complexity index is 1070. The number of aromatic amines is 1. The van der Waals surface area contributed by atoms with Crippen molar-refractivity contribution >= 4 is 26.7 Å². The summed E-state index contributed by atoms with van der Waals surface area (Å²) in [6, 6.07) is 12.9. The lowest BCUT2D eigenvalue weighted by atomic mass is 10.2. The maximum Gasteiger partial charge on any atom is 0.245 e. The summed E-state index contributed by atoms with van der Waals surface area (Å²) >= 11 is 0. The summed E-state index contributed by atoms with van der Waals surface area (Å²) in [5, 5.41) is 9.50. The minimum atomic E-state index is -3.57. The Hall–Kier alpha value is -2.89. The molecule has 8 heteroatoms. The third-order valence-corrected chi connectivity index (χ3v) is 6.57. The van der Waals surface area contributed by atoms with E-state index in [1.807, 2.05) is 12.1 Å². The van der Waals surface area contributed by atoms with E-state index in [0.717, 1.165) is 5.69 Å². The molecule has 1 fully saturated rings. The molecule has 0 atom stereocenters. The Morgan fingerprint density at radius 1 is 1.08 bits per heavy atom. The molecule has 0 radical (unpaired) electrons. The number of nitrogens with zero attached hydrogens (tertiary/aromatic N) is 4. The Morgan fingerprint density at radius 3 is 2.50 bits per heavy atom. The highest BCUT2D eigenvalue weighted by atomic mass is 32.2. The Morgan fingerprint density at radius 2 is 1.81 bits per heavy atom. The molecule has 26 heavy (non-hydrogen) atoms. The van der Waals surface area contributed by atoms with E-state index >= 15 is 0 Å². The number of hydrogen-bond donors (Lipinski definition) is 1. The molecule has 4 rings (SSSR count). The monoisotopic (exact) mass is 367 g/mol. The second-order valence-corrected chi connectivity index (χ2v) is 8.01. The lowest BCUT2D eigenvalue weighted by Crippen LogP contribution is -2.48. The summed E-state index contributed by atoms with van der Waals surface area (Å²) in [7, 11) is -3.57. The first-order valence-electron chi connectivity index (χ1n) is 8.27. The van der Waals surface area contributed by atoms with Crippen LogP contribution in [0.25, 0.3) is 11.0 Å². The second kappa shape index (κ2) is 6.44. The first-order chi connectivity index (χ1) is 12.6. The molecule has 1 aliphatic heterocycles. The van der Waals surface area contributed by atoms with E-state index in [1.54, 1.807) is 30.5 Å². The average Bonchev–Trinajstić information content (AvgIpc) is 3.13. The Labute approximate surface area is 151 Å². The van der Waals surface area contributed by atoms with Crippen LogP contribution in [0.5, 0.6) is 0 Å². The fraction of sp³-hybridized carbons (Fsp3) is 0.222. The van der Waals surface area contributed by atoms with Gasteiger partial charge in [-0.25, -0.2) is 13.4 Å². The zero-order valence-corrected chi connectivity index (χ0v) is 14.8. The van der Waals surface area contributed by atoms with Crippen LogP contribution in [0.15, 0.2) is 53.7 Å². The number of nitrogens with one attached hydrogen (secondary N) is 1. The van der Waals surface area contributed by atoms with Gasteiger partial charge in [0.1, 0.15) is 10.5 Å². The fourth-order valence-electron chi connectivity index (χ4n) is 3.22. The van der Waals surface area contributed by atoms with Gasteiger partial charge in [-0.3, -0.25) is 0 Å². The van der Waals surface area contributed by atoms with Gasteiger partial charge in [0.15, 0.2) is 0 Å². The van der Waals surface area contributed by atoms with E-state index in [1.165, 1.54) is 10.5 Å². The lowest BCUT2D eigenvalue weighted by molar-refractivity contribution is 0.385. The van der Waals surface area contributed by atoms with Gasteiger partial charge in [0.2, 0.25) is 10.0 Å². The number of hydrogen-bond acceptors (Lipinski definition) is 5. The molecule has 0 amide bonds. The van der Waals surface area contributed by atoms with Crippen LogP contribution in [0, 0.1) is 11.3 Å². The SMILES string of the molecule is N#Cc1ccc(N2CCN(S(=O)(=O)c3c[nH]c4ncccc34)CC2)cc1. The number of piperazine rings is 1. The quantitative estimate of drug-likeness (QED) is 0.764. The molecule has 0 spiro atoms. The molecule has 1 saturated heterocycles. The first-order valence-corrected chi connectivity index (χ1v) is 9.71. The standard InChI is InChI=1S/C18H17N5O2S/c19-12-14-3-5-15(6-4-14)22-8-10-23(11-9-22)26(24,25)17-13-21-18-16(17)2-1-7-20-18/h1-7,13H,8-11H2,(H,20,21). The van der Waals surface area contributed by atoms with Gasteiger partial charge in [0.05, 0.1) is 11.6 Å². The number of anilines is 1. The van der Waals surface area contributed by atoms with Crippen LogP contribution < -0.4 is 4.90 Å². The largest absolute Gasteiger partial charge is 0.369 e. The topological polar surface area (TPSA) is 93.1 Å². The van der Waals surface area contributed by atoms with Crippen LogP contribution in [0.3, 0.4) is 0 Å². The van der Waals surface area contributed by atoms with Crippen molar-refractivity contribution in [1.82, 2.24) is 14.3 Å². The molecule has 3 aromatic rings. The summed E-state index contributed by atoms with van der Waals surface area (Å²) in [6.45, 7) is 2.03. The van der Waals surface area contributed by atoms with Crippen LogP contribution in [0.1, 0.15) is 5.56 Å². The minimum Gasteiger partial charge on any atom is -0.369 e. The third-order valence-electron chi connectivity index (χ3n) is 4.63. The number of H-pyrrole nitrogens is 1. The zero-order valence-electron chi connectivity index (χ0n) is 14.0. The molecule has 1 N–H and O–H groups in total. The number of aromatic nitrogens is 2. The average molecular weight is 367 g/mol. The van der Waals surface area contributed by atoms with Gasteiger partial charge in [-0.05, 0) is 36.4 Å². The van der Waals surface area contributed by atoms with Crippen molar-refractivity contribution in [2.45, 2.75) is 4.90 Å². The summed E-state index contributed by atoms with van der Waals surface area (Å²) in [4.78, 5) is 9.48. The number of sulfonamides is 1. The number of fused-ring (bicyclic) bond motifs is 1. The smallest absolute Gasteiger partial charge is 0.245 e. The summed E-state index contributed by atoms with van der Waals surface area (Å²) in [5.74, 6) is 0. The van der Waals surface area contributed by atoms with Gasteiger partial charge in [-0.2, -0.15) is 9.57 Å². The first kappa shape index (κ1) is 16.6. The number of nitriles is 1. The molecule has 1 aliphatic rings. The van der Waals surface area contributed by atoms with E-state index in [9.17, 15) is 8.42 Å². The maximum atomic E-state index is 13.0. The molecular formula is C18H17N5O2S. The van der Waals surface area contributed by atoms with Gasteiger partial charge in [-0.1, -0.05) is 0 Å². The van der Waals surface area contributed by atoms with E-state index in [-0.39, 0.29) is 4.90 Å². The van der Waals surface area contributed by atoms with Crippen LogP contribution in [-0.4, -0.2) is 48.9 Å². The fourth-order valence-corrected chi connectivity index (χ4v) is 4.79. The van der Waals surface area contributed by atoms with Crippen LogP contribution in [0.2, 0.25) is 0 Å². The highest BCUT2D eigenvalue weighted by Crippen LogP contribution is 2.26. The lowest BCUT2D eigenvalue weighted by Gasteiger charge is -2.35. The molecule has 0 saturated carbocycles. The van der Waals surface area contributed by atoms with Crippen LogP contribution in [-0.2, 0) is 10.0 Å². The zero-order chi connectivity index (χ0) is 18.1. The minimum absolute atomic E-state index is 0.271. The molecule has 0 aliphatic carbocycles. The summed E-state index contributed by atoms with van der Waals surface area (Å²) < 4.78 is 27.5. The van der Waals surface area contributed by atoms with E-state index in [0.29, 0.717) is 42.8 Å². The maximum absolute atomic E-state index is 13.0. The Kier molecular flexibility index (Phi) is 4.11. The van der Waals surface area contributed by atoms with Gasteiger partial charge < -0.3 is 9.88 Å². The predicted octanol–water partition coefficient (Wildman–Crippen LogP) is 1.95. The van der Waals surface area contributed by atoms with Crippen molar-refractivity contribution in [3.63, 3.8) is 0 Å². The van der Waals surface area contributed by atoms with Crippen molar-refractivity contribution in [3.05, 3.63) is 54.4 Å². The molecule has 0 bridgehead atoms. The molecular weight excluding hydrogens is 350 g/mol. The van der Waals surface area contributed by atoms with Gasteiger partial charge in [0, 0.05) is 49.6 Å². The molecule has 0 unspecified atom stereocenters. The van der Waals surface area contributed by atoms with E-state index in [2.05, 4.69) is 20.9 Å². The van der Waals surface area contributed by atoms with Crippen molar-refractivity contribution in [2.24, 2.45) is 0 Å². The van der Waals surface area contributed by atoms with Crippen molar-refractivity contribution < 1.29 is 8.42 Å². The summed E-state index contributed by atoms with van der Waals surface area (Å²) in [5.41, 5.74) is 2.18. The van der Waals surface area contributed by atoms with Crippen molar-refractivity contribution in [3.8, 4) is 6.07 Å². The molecule has 3 heterocycles. The number of benzene rings is 1. The molecule has 2 aromatic heterocycles. The van der Waals surface area contributed by atoms with E-state index < -0.39 is 10.0 Å². The highest BCUT2D eigenvalue weighted by molar-refractivity contribution is 7.89. The second-order valence-electron chi connectivity index (χ2n) is 6.10.